The molecule has 1 aliphatic heterocycles. The monoisotopic (exact) mass is 369 g/mol. The molecule has 1 heterocycles. The number of hydrogen-bond acceptors (Lipinski definition) is 4. The molecule has 0 aromatic heterocycles. The Balaban J connectivity index is 1.54. The van der Waals surface area contributed by atoms with Gasteiger partial charge in [0, 0.05) is 25.2 Å². The third-order valence-electron chi connectivity index (χ3n) is 5.57. The second-order valence-corrected chi connectivity index (χ2v) is 7.45. The van der Waals surface area contributed by atoms with E-state index in [9.17, 15) is 9.59 Å². The van der Waals surface area contributed by atoms with Gasteiger partial charge in [-0.2, -0.15) is 10.1 Å². The Morgan fingerprint density at radius 3 is 1.93 bits per heavy atom. The molecular formula is C23H19N3O2. The molecule has 0 fully saturated rings. The highest BCUT2D eigenvalue weighted by molar-refractivity contribution is 6.26. The molecule has 28 heavy (non-hydrogen) atoms. The summed E-state index contributed by atoms with van der Waals surface area (Å²) in [5.41, 5.74) is 5.43. The van der Waals surface area contributed by atoms with Crippen molar-refractivity contribution in [3.05, 3.63) is 76.3 Å². The molecule has 0 bridgehead atoms. The molecule has 0 radical (unpaired) electrons. The lowest BCUT2D eigenvalue weighted by atomic mass is 9.92. The minimum absolute atomic E-state index is 0.366. The lowest BCUT2D eigenvalue weighted by Crippen LogP contribution is -2.36. The highest BCUT2D eigenvalue weighted by Crippen LogP contribution is 2.38. The molecule has 0 atom stereocenters. The van der Waals surface area contributed by atoms with Crippen molar-refractivity contribution in [1.29, 1.82) is 0 Å². The number of amides is 2. The van der Waals surface area contributed by atoms with E-state index in [1.807, 2.05) is 67.5 Å². The summed E-state index contributed by atoms with van der Waals surface area (Å²) in [6, 6.07) is 15.4. The van der Waals surface area contributed by atoms with Crippen LogP contribution in [0.5, 0.6) is 0 Å². The van der Waals surface area contributed by atoms with Gasteiger partial charge < -0.3 is 4.90 Å². The summed E-state index contributed by atoms with van der Waals surface area (Å²) in [5.74, 6) is -0.733. The van der Waals surface area contributed by atoms with Gasteiger partial charge in [0.25, 0.3) is 11.8 Å². The van der Waals surface area contributed by atoms with Gasteiger partial charge in [-0.15, -0.1) is 0 Å². The van der Waals surface area contributed by atoms with Crippen LogP contribution in [0.3, 0.4) is 0 Å². The van der Waals surface area contributed by atoms with E-state index in [0.29, 0.717) is 11.1 Å². The molecule has 5 heteroatoms. The Morgan fingerprint density at radius 2 is 1.39 bits per heavy atom. The zero-order chi connectivity index (χ0) is 19.4. The second-order valence-electron chi connectivity index (χ2n) is 7.45. The first-order valence-electron chi connectivity index (χ1n) is 9.32. The standard InChI is InChI=1S/C23H19N3O2/c1-25(2)17-9-3-14(4-10-17)13-24-26-22(27)18-11-7-15-5-6-16-8-12-19(23(26)28)21(18)20(15)16/h3-4,7-13H,5-6H2,1-2H3. The van der Waals surface area contributed by atoms with Crippen LogP contribution in [0.2, 0.25) is 0 Å². The van der Waals surface area contributed by atoms with Gasteiger partial charge in [-0.1, -0.05) is 24.3 Å². The number of hydrazone groups is 1. The quantitative estimate of drug-likeness (QED) is 0.523. The average molecular weight is 369 g/mol. The lowest BCUT2D eigenvalue weighted by molar-refractivity contribution is 0.0616. The molecule has 0 N–H and O–H groups in total. The van der Waals surface area contributed by atoms with Crippen LogP contribution in [0.4, 0.5) is 5.69 Å². The Morgan fingerprint density at radius 1 is 0.821 bits per heavy atom. The van der Waals surface area contributed by atoms with E-state index in [0.717, 1.165) is 39.9 Å². The number of anilines is 1. The lowest BCUT2D eigenvalue weighted by Gasteiger charge is -2.23. The van der Waals surface area contributed by atoms with E-state index in [-0.39, 0.29) is 11.8 Å². The van der Waals surface area contributed by atoms with Crippen LogP contribution in [0.25, 0.3) is 10.8 Å². The summed E-state index contributed by atoms with van der Waals surface area (Å²) >= 11 is 0. The summed E-state index contributed by atoms with van der Waals surface area (Å²) < 4.78 is 0. The largest absolute Gasteiger partial charge is 0.378 e. The van der Waals surface area contributed by atoms with E-state index in [1.165, 1.54) is 11.1 Å². The summed E-state index contributed by atoms with van der Waals surface area (Å²) in [7, 11) is 3.94. The van der Waals surface area contributed by atoms with E-state index >= 15 is 0 Å². The maximum absolute atomic E-state index is 13.0. The van der Waals surface area contributed by atoms with Crippen LogP contribution in [0.15, 0.2) is 53.6 Å². The number of rotatable bonds is 3. The van der Waals surface area contributed by atoms with Crippen molar-refractivity contribution in [1.82, 2.24) is 5.01 Å². The molecule has 138 valence electrons. The fraction of sp³-hybridized carbons (Fsp3) is 0.174. The molecule has 3 aromatic rings. The third-order valence-corrected chi connectivity index (χ3v) is 5.57. The molecule has 3 aromatic carbocycles. The molecule has 1 aliphatic carbocycles. The van der Waals surface area contributed by atoms with Crippen LogP contribution >= 0.6 is 0 Å². The van der Waals surface area contributed by atoms with Gasteiger partial charge in [0.05, 0.1) is 17.3 Å². The molecule has 5 nitrogen and oxygen atoms in total. The van der Waals surface area contributed by atoms with Crippen LogP contribution in [0.1, 0.15) is 37.4 Å². The first-order valence-corrected chi connectivity index (χ1v) is 9.32. The number of aryl methyl sites for hydroxylation is 2. The maximum atomic E-state index is 13.0. The van der Waals surface area contributed by atoms with Crippen molar-refractivity contribution >= 4 is 34.5 Å². The van der Waals surface area contributed by atoms with Gasteiger partial charge in [-0.3, -0.25) is 9.59 Å². The molecule has 2 amide bonds. The van der Waals surface area contributed by atoms with Crippen LogP contribution in [-0.4, -0.2) is 37.1 Å². The van der Waals surface area contributed by atoms with Crippen molar-refractivity contribution in [2.24, 2.45) is 5.10 Å². The molecule has 0 saturated heterocycles. The van der Waals surface area contributed by atoms with Gasteiger partial charge in [0.1, 0.15) is 0 Å². The van der Waals surface area contributed by atoms with Crippen LogP contribution in [-0.2, 0) is 12.8 Å². The SMILES string of the molecule is CN(C)c1ccc(C=NN2C(=O)c3ccc4c5c(ccc(c35)C2=O)CC4)cc1. The zero-order valence-corrected chi connectivity index (χ0v) is 15.8. The highest BCUT2D eigenvalue weighted by atomic mass is 16.2. The number of carbonyl (C=O) groups excluding carboxylic acids is 2. The number of nitrogens with zero attached hydrogens (tertiary/aromatic N) is 3. The van der Waals surface area contributed by atoms with Crippen molar-refractivity contribution < 1.29 is 9.59 Å². The third kappa shape index (κ3) is 2.36. The predicted octanol–water partition coefficient (Wildman–Crippen LogP) is 3.63. The molecule has 2 aliphatic rings. The first-order chi connectivity index (χ1) is 13.5. The molecule has 0 saturated carbocycles. The average Bonchev–Trinajstić information content (AvgIpc) is 3.13. The fourth-order valence-electron chi connectivity index (χ4n) is 4.09. The molecular weight excluding hydrogens is 350 g/mol. The number of carbonyl (C=O) groups is 2. The fourth-order valence-corrected chi connectivity index (χ4v) is 4.09. The van der Waals surface area contributed by atoms with Gasteiger partial charge in [0.2, 0.25) is 0 Å². The van der Waals surface area contributed by atoms with Gasteiger partial charge in [-0.05, 0) is 59.2 Å². The zero-order valence-electron chi connectivity index (χ0n) is 15.8. The minimum atomic E-state index is -0.366. The van der Waals surface area contributed by atoms with Crippen molar-refractivity contribution in [3.63, 3.8) is 0 Å². The van der Waals surface area contributed by atoms with Crippen molar-refractivity contribution in [2.75, 3.05) is 19.0 Å². The first kappa shape index (κ1) is 16.7. The van der Waals surface area contributed by atoms with Crippen LogP contribution in [0, 0.1) is 0 Å². The van der Waals surface area contributed by atoms with E-state index in [1.54, 1.807) is 6.21 Å². The highest BCUT2D eigenvalue weighted by Gasteiger charge is 2.34. The van der Waals surface area contributed by atoms with E-state index in [2.05, 4.69) is 5.10 Å². The summed E-state index contributed by atoms with van der Waals surface area (Å²) in [6.07, 6.45) is 3.48. The van der Waals surface area contributed by atoms with E-state index < -0.39 is 0 Å². The predicted molar refractivity (Wildman–Crippen MR) is 110 cm³/mol. The summed E-state index contributed by atoms with van der Waals surface area (Å²) in [6.45, 7) is 0. The molecule has 0 spiro atoms. The Labute approximate surface area is 162 Å². The van der Waals surface area contributed by atoms with Crippen molar-refractivity contribution in [3.8, 4) is 0 Å². The number of hydrogen-bond donors (Lipinski definition) is 0. The van der Waals surface area contributed by atoms with Crippen molar-refractivity contribution in [2.45, 2.75) is 12.8 Å². The minimum Gasteiger partial charge on any atom is -0.378 e. The number of benzene rings is 3. The topological polar surface area (TPSA) is 53.0 Å². The van der Waals surface area contributed by atoms with E-state index in [4.69, 9.17) is 0 Å². The Kier molecular flexibility index (Phi) is 3.59. The van der Waals surface area contributed by atoms with Gasteiger partial charge >= 0.3 is 0 Å². The number of imide groups is 1. The van der Waals surface area contributed by atoms with Crippen LogP contribution < -0.4 is 4.90 Å². The second kappa shape index (κ2) is 6.02. The molecule has 5 rings (SSSR count). The van der Waals surface area contributed by atoms with Gasteiger partial charge in [-0.25, -0.2) is 0 Å². The molecule has 0 unspecified atom stereocenters. The Bertz CT molecular complexity index is 1120. The van der Waals surface area contributed by atoms with Gasteiger partial charge in [0.15, 0.2) is 0 Å². The normalized spacial score (nSPS) is 15.1. The smallest absolute Gasteiger partial charge is 0.282 e. The Hall–Kier alpha value is -3.47. The summed E-state index contributed by atoms with van der Waals surface area (Å²) in [5, 5.41) is 7.09. The maximum Gasteiger partial charge on any atom is 0.282 e. The summed E-state index contributed by atoms with van der Waals surface area (Å²) in [4.78, 5) is 28.0.